The van der Waals surface area contributed by atoms with Crippen LogP contribution in [0.2, 0.25) is 5.02 Å². The lowest BCUT2D eigenvalue weighted by atomic mass is 10.1. The Bertz CT molecular complexity index is 584. The Balaban J connectivity index is 2.83. The highest BCUT2D eigenvalue weighted by molar-refractivity contribution is 6.33. The number of carbonyl (C=O) groups excluding carboxylic acids is 2. The molecule has 1 rings (SSSR count). The molecule has 0 spiro atoms. The standard InChI is InChI=1S/C14H15Cl2NO4/c1-8(15)7-20-13(19)14(2,3)21-12(18)10-6-9(17)4-5-11(10)16/h4-6H,1,7,17H2,2-3H3. The van der Waals surface area contributed by atoms with Gasteiger partial charge in [-0.15, -0.1) is 0 Å². The lowest BCUT2D eigenvalue weighted by molar-refractivity contribution is -0.161. The van der Waals surface area contributed by atoms with Crippen LogP contribution in [0.5, 0.6) is 0 Å². The minimum absolute atomic E-state index is 0.0688. The lowest BCUT2D eigenvalue weighted by Gasteiger charge is -2.23. The highest BCUT2D eigenvalue weighted by Gasteiger charge is 2.34. The summed E-state index contributed by atoms with van der Waals surface area (Å²) in [5.41, 5.74) is 4.51. The molecule has 0 aliphatic heterocycles. The monoisotopic (exact) mass is 331 g/mol. The highest BCUT2D eigenvalue weighted by atomic mass is 35.5. The Morgan fingerprint density at radius 1 is 1.38 bits per heavy atom. The molecule has 0 aliphatic rings. The van der Waals surface area contributed by atoms with Gasteiger partial charge in [-0.25, -0.2) is 9.59 Å². The molecule has 0 aliphatic carbocycles. The molecule has 0 amide bonds. The summed E-state index contributed by atoms with van der Waals surface area (Å²) < 4.78 is 9.98. The summed E-state index contributed by atoms with van der Waals surface area (Å²) in [6, 6.07) is 4.38. The smallest absolute Gasteiger partial charge is 0.350 e. The Morgan fingerprint density at radius 3 is 2.57 bits per heavy atom. The number of ether oxygens (including phenoxy) is 2. The fourth-order valence-corrected chi connectivity index (χ4v) is 1.59. The van der Waals surface area contributed by atoms with Crippen LogP contribution in [-0.2, 0) is 14.3 Å². The summed E-state index contributed by atoms with van der Waals surface area (Å²) >= 11 is 11.4. The molecule has 0 saturated heterocycles. The van der Waals surface area contributed by atoms with Gasteiger partial charge in [0.1, 0.15) is 6.61 Å². The first kappa shape index (κ1) is 17.3. The van der Waals surface area contributed by atoms with Crippen molar-refractivity contribution >= 4 is 40.8 Å². The Labute approximate surface area is 132 Å². The van der Waals surface area contributed by atoms with Gasteiger partial charge in [-0.1, -0.05) is 29.8 Å². The summed E-state index contributed by atoms with van der Waals surface area (Å²) in [6.07, 6.45) is 0. The van der Waals surface area contributed by atoms with Gasteiger partial charge in [0.2, 0.25) is 5.60 Å². The SMILES string of the molecule is C=C(Cl)COC(=O)C(C)(C)OC(=O)c1cc(N)ccc1Cl. The van der Waals surface area contributed by atoms with E-state index in [4.69, 9.17) is 38.4 Å². The quantitative estimate of drug-likeness (QED) is 0.662. The Hall–Kier alpha value is -1.72. The molecule has 21 heavy (non-hydrogen) atoms. The predicted octanol–water partition coefficient (Wildman–Crippen LogP) is 3.15. The number of hydrogen-bond acceptors (Lipinski definition) is 5. The molecular formula is C14H15Cl2NO4. The van der Waals surface area contributed by atoms with E-state index in [1.54, 1.807) is 6.07 Å². The number of esters is 2. The van der Waals surface area contributed by atoms with Crippen LogP contribution in [0.1, 0.15) is 24.2 Å². The highest BCUT2D eigenvalue weighted by Crippen LogP contribution is 2.23. The largest absolute Gasteiger partial charge is 0.457 e. The molecule has 5 nitrogen and oxygen atoms in total. The van der Waals surface area contributed by atoms with Gasteiger partial charge in [0.05, 0.1) is 10.6 Å². The van der Waals surface area contributed by atoms with Crippen molar-refractivity contribution in [1.29, 1.82) is 0 Å². The van der Waals surface area contributed by atoms with Crippen LogP contribution in [0, 0.1) is 0 Å². The van der Waals surface area contributed by atoms with Crippen molar-refractivity contribution in [2.45, 2.75) is 19.4 Å². The number of nitrogens with two attached hydrogens (primary N) is 1. The van der Waals surface area contributed by atoms with Crippen LogP contribution in [-0.4, -0.2) is 24.1 Å². The number of hydrogen-bond donors (Lipinski definition) is 1. The van der Waals surface area contributed by atoms with Gasteiger partial charge >= 0.3 is 11.9 Å². The first-order valence-electron chi connectivity index (χ1n) is 5.92. The van der Waals surface area contributed by atoms with Crippen molar-refractivity contribution in [3.8, 4) is 0 Å². The number of halogens is 2. The number of benzene rings is 1. The van der Waals surface area contributed by atoms with Crippen molar-refractivity contribution in [3.05, 3.63) is 40.4 Å². The third-order valence-electron chi connectivity index (χ3n) is 2.41. The average Bonchev–Trinajstić information content (AvgIpc) is 2.37. The molecule has 0 heterocycles. The van der Waals surface area contributed by atoms with Crippen molar-refractivity contribution in [1.82, 2.24) is 0 Å². The van der Waals surface area contributed by atoms with E-state index in [9.17, 15) is 9.59 Å². The lowest BCUT2D eigenvalue weighted by Crippen LogP contribution is -2.39. The van der Waals surface area contributed by atoms with E-state index in [1.165, 1.54) is 26.0 Å². The summed E-state index contributed by atoms with van der Waals surface area (Å²) in [4.78, 5) is 23.9. The van der Waals surface area contributed by atoms with Gasteiger partial charge in [0.25, 0.3) is 0 Å². The van der Waals surface area contributed by atoms with Crippen molar-refractivity contribution in [2.75, 3.05) is 12.3 Å². The van der Waals surface area contributed by atoms with Crippen LogP contribution in [0.15, 0.2) is 29.8 Å². The van der Waals surface area contributed by atoms with Gasteiger partial charge in [0.15, 0.2) is 0 Å². The fraction of sp³-hybridized carbons (Fsp3) is 0.286. The molecular weight excluding hydrogens is 317 g/mol. The van der Waals surface area contributed by atoms with E-state index < -0.39 is 17.5 Å². The van der Waals surface area contributed by atoms with Crippen molar-refractivity contribution < 1.29 is 19.1 Å². The molecule has 7 heteroatoms. The molecule has 0 saturated carbocycles. The summed E-state index contributed by atoms with van der Waals surface area (Å²) in [5.74, 6) is -1.53. The second kappa shape index (κ2) is 6.83. The molecule has 1 aromatic carbocycles. The van der Waals surface area contributed by atoms with E-state index in [-0.39, 0.29) is 22.2 Å². The number of anilines is 1. The fourth-order valence-electron chi connectivity index (χ4n) is 1.35. The van der Waals surface area contributed by atoms with Crippen LogP contribution in [0.3, 0.4) is 0 Å². The maximum atomic E-state index is 12.1. The topological polar surface area (TPSA) is 78.6 Å². The van der Waals surface area contributed by atoms with Crippen LogP contribution >= 0.6 is 23.2 Å². The molecule has 0 fully saturated rings. The van der Waals surface area contributed by atoms with E-state index in [2.05, 4.69) is 6.58 Å². The summed E-state index contributed by atoms with van der Waals surface area (Å²) in [7, 11) is 0. The number of carbonyl (C=O) groups is 2. The van der Waals surface area contributed by atoms with Gasteiger partial charge in [-0.2, -0.15) is 0 Å². The molecule has 0 radical (unpaired) electrons. The maximum Gasteiger partial charge on any atom is 0.350 e. The molecule has 2 N–H and O–H groups in total. The second-order valence-corrected chi connectivity index (χ2v) is 5.67. The predicted molar refractivity (Wildman–Crippen MR) is 81.3 cm³/mol. The first-order valence-corrected chi connectivity index (χ1v) is 6.68. The zero-order valence-electron chi connectivity index (χ0n) is 11.6. The van der Waals surface area contributed by atoms with Gasteiger partial charge in [0, 0.05) is 10.7 Å². The molecule has 114 valence electrons. The Morgan fingerprint density at radius 2 is 2.00 bits per heavy atom. The van der Waals surface area contributed by atoms with Crippen LogP contribution < -0.4 is 5.73 Å². The van der Waals surface area contributed by atoms with E-state index >= 15 is 0 Å². The second-order valence-electron chi connectivity index (χ2n) is 4.73. The van der Waals surface area contributed by atoms with Crippen LogP contribution in [0.25, 0.3) is 0 Å². The third kappa shape index (κ3) is 4.95. The zero-order chi connectivity index (χ0) is 16.2. The van der Waals surface area contributed by atoms with E-state index in [0.717, 1.165) is 0 Å². The van der Waals surface area contributed by atoms with E-state index in [0.29, 0.717) is 5.69 Å². The Kier molecular flexibility index (Phi) is 5.63. The number of rotatable bonds is 5. The molecule has 1 aromatic rings. The minimum atomic E-state index is -1.50. The van der Waals surface area contributed by atoms with E-state index in [1.807, 2.05) is 0 Å². The van der Waals surface area contributed by atoms with Crippen molar-refractivity contribution in [2.24, 2.45) is 0 Å². The summed E-state index contributed by atoms with van der Waals surface area (Å²) in [6.45, 7) is 6.01. The molecule has 0 aromatic heterocycles. The van der Waals surface area contributed by atoms with Crippen molar-refractivity contribution in [3.63, 3.8) is 0 Å². The van der Waals surface area contributed by atoms with Gasteiger partial charge < -0.3 is 15.2 Å². The molecule has 0 bridgehead atoms. The maximum absolute atomic E-state index is 12.1. The normalized spacial score (nSPS) is 10.9. The minimum Gasteiger partial charge on any atom is -0.457 e. The average molecular weight is 332 g/mol. The van der Waals surface area contributed by atoms with Crippen LogP contribution in [0.4, 0.5) is 5.69 Å². The number of nitrogen functional groups attached to an aromatic ring is 1. The third-order valence-corrected chi connectivity index (χ3v) is 2.85. The van der Waals surface area contributed by atoms with Gasteiger partial charge in [-0.05, 0) is 32.0 Å². The molecule has 0 atom stereocenters. The van der Waals surface area contributed by atoms with Gasteiger partial charge in [-0.3, -0.25) is 0 Å². The zero-order valence-corrected chi connectivity index (χ0v) is 13.1. The summed E-state index contributed by atoms with van der Waals surface area (Å²) in [5, 5.41) is 0.330. The molecule has 0 unspecified atom stereocenters. The first-order chi connectivity index (χ1) is 9.63.